The van der Waals surface area contributed by atoms with Crippen molar-refractivity contribution in [3.05, 3.63) is 0 Å². The first-order valence-electron chi connectivity index (χ1n) is 7.29. The molecule has 0 aromatic carbocycles. The summed E-state index contributed by atoms with van der Waals surface area (Å²) in [5.41, 5.74) is 14.9. The number of nitrogens with zero attached hydrogens (tertiary/aromatic N) is 1. The molecule has 1 fully saturated rings. The first kappa shape index (κ1) is 19.4. The van der Waals surface area contributed by atoms with E-state index in [1.54, 1.807) is 0 Å². The summed E-state index contributed by atoms with van der Waals surface area (Å²) >= 11 is 0. The van der Waals surface area contributed by atoms with Gasteiger partial charge in [0.15, 0.2) is 0 Å². The van der Waals surface area contributed by atoms with Gasteiger partial charge in [-0.1, -0.05) is 6.42 Å². The predicted molar refractivity (Wildman–Crippen MR) is 80.6 cm³/mol. The number of carbonyl (C=O) groups excluding carboxylic acids is 2. The Bertz CT molecular complexity index is 476. The molecule has 23 heavy (non-hydrogen) atoms. The highest BCUT2D eigenvalue weighted by atomic mass is 16.4. The fraction of sp³-hybridized carbons (Fsp3) is 0.750. The number of hydrogen-bond donors (Lipinski definition) is 6. The molecule has 0 bridgehead atoms. The van der Waals surface area contributed by atoms with Gasteiger partial charge in [-0.05, 0) is 12.7 Å². The number of carboxylic acids is 1. The molecule has 0 saturated carbocycles. The Hall–Kier alpha value is -1.69. The molecule has 1 aliphatic rings. The summed E-state index contributed by atoms with van der Waals surface area (Å²) in [6.45, 7) is -0.143. The summed E-state index contributed by atoms with van der Waals surface area (Å²) in [6, 6.07) is -1.14. The van der Waals surface area contributed by atoms with Crippen LogP contribution in [0.4, 0.5) is 0 Å². The van der Waals surface area contributed by atoms with Crippen LogP contribution < -0.4 is 17.2 Å². The van der Waals surface area contributed by atoms with Gasteiger partial charge in [-0.15, -0.1) is 0 Å². The molecule has 1 heterocycles. The summed E-state index contributed by atoms with van der Waals surface area (Å²) in [5, 5.41) is 27.1. The number of primary amides is 1. The van der Waals surface area contributed by atoms with E-state index < -0.39 is 42.4 Å². The van der Waals surface area contributed by atoms with E-state index in [1.165, 1.54) is 4.90 Å². The monoisotopic (exact) mass is 330 g/mol. The fourth-order valence-electron chi connectivity index (χ4n) is 2.78. The largest absolute Gasteiger partial charge is 0.480 e. The van der Waals surface area contributed by atoms with Gasteiger partial charge in [-0.25, -0.2) is 0 Å². The highest BCUT2D eigenvalue weighted by molar-refractivity contribution is 6.40. The van der Waals surface area contributed by atoms with Crippen molar-refractivity contribution in [2.45, 2.75) is 37.2 Å². The molecular weight excluding hydrogens is 307 g/mol. The highest BCUT2D eigenvalue weighted by Gasteiger charge is 2.51. The Morgan fingerprint density at radius 3 is 2.43 bits per heavy atom. The minimum Gasteiger partial charge on any atom is -0.480 e. The second-order valence-electron chi connectivity index (χ2n) is 5.95. The molecule has 10 nitrogen and oxygen atoms in total. The molecule has 1 rings (SSSR count). The zero-order valence-electron chi connectivity index (χ0n) is 12.7. The first-order chi connectivity index (χ1) is 10.6. The molecule has 1 saturated heterocycles. The van der Waals surface area contributed by atoms with Crippen molar-refractivity contribution in [2.24, 2.45) is 23.1 Å². The second kappa shape index (κ2) is 7.73. The third-order valence-electron chi connectivity index (χ3n) is 4.08. The second-order valence-corrected chi connectivity index (χ2v) is 5.95. The highest BCUT2D eigenvalue weighted by Crippen LogP contribution is 2.31. The lowest BCUT2D eigenvalue weighted by Gasteiger charge is -2.25. The Kier molecular flexibility index (Phi) is 6.51. The molecule has 2 amide bonds. The van der Waals surface area contributed by atoms with Crippen molar-refractivity contribution in [1.82, 2.24) is 4.90 Å². The van der Waals surface area contributed by atoms with E-state index in [0.29, 0.717) is 12.8 Å². The van der Waals surface area contributed by atoms with Crippen LogP contribution in [0.25, 0.3) is 0 Å². The van der Waals surface area contributed by atoms with Crippen LogP contribution in [0.1, 0.15) is 19.3 Å². The van der Waals surface area contributed by atoms with Gasteiger partial charge in [-0.3, -0.25) is 14.4 Å². The lowest BCUT2D eigenvalue weighted by molar-refractivity contribution is -0.144. The topological polar surface area (TPSA) is 193 Å². The summed E-state index contributed by atoms with van der Waals surface area (Å²) in [5.74, 6) is -3.10. The van der Waals surface area contributed by atoms with Crippen molar-refractivity contribution in [1.29, 1.82) is 0 Å². The number of likely N-dealkylation sites (tertiary alicyclic amines) is 1. The average molecular weight is 330 g/mol. The molecule has 1 aliphatic heterocycles. The summed E-state index contributed by atoms with van der Waals surface area (Å²) in [6.07, 6.45) is 0.419. The molecule has 0 aromatic heterocycles. The number of rotatable bonds is 8. The maximum absolute atomic E-state index is 12.2. The van der Waals surface area contributed by atoms with Crippen LogP contribution in [-0.4, -0.2) is 69.6 Å². The van der Waals surface area contributed by atoms with E-state index in [2.05, 4.69) is 0 Å². The molecule has 130 valence electrons. The van der Waals surface area contributed by atoms with Gasteiger partial charge in [-0.2, -0.15) is 0 Å². The van der Waals surface area contributed by atoms with E-state index >= 15 is 0 Å². The normalized spacial score (nSPS) is 25.2. The molecule has 3 atom stereocenters. The van der Waals surface area contributed by atoms with Gasteiger partial charge in [0.05, 0.1) is 12.5 Å². The lowest BCUT2D eigenvalue weighted by atomic mass is 9.78. The Balaban J connectivity index is 2.77. The Morgan fingerprint density at radius 2 is 1.96 bits per heavy atom. The van der Waals surface area contributed by atoms with Crippen LogP contribution in [-0.2, 0) is 14.4 Å². The van der Waals surface area contributed by atoms with Crippen molar-refractivity contribution in [3.63, 3.8) is 0 Å². The smallest absolute Gasteiger partial charge is 0.451 e. The number of hydrogen-bond acceptors (Lipinski definition) is 7. The fourth-order valence-corrected chi connectivity index (χ4v) is 2.78. The van der Waals surface area contributed by atoms with Gasteiger partial charge in [0.1, 0.15) is 5.54 Å². The van der Waals surface area contributed by atoms with E-state index in [1.807, 2.05) is 0 Å². The van der Waals surface area contributed by atoms with Crippen LogP contribution in [0, 0.1) is 5.92 Å². The minimum absolute atomic E-state index is 0.0790. The van der Waals surface area contributed by atoms with Crippen LogP contribution in [0.5, 0.6) is 0 Å². The van der Waals surface area contributed by atoms with E-state index in [9.17, 15) is 19.5 Å². The maximum atomic E-state index is 12.2. The zero-order valence-corrected chi connectivity index (χ0v) is 12.7. The number of amides is 2. The van der Waals surface area contributed by atoms with Gasteiger partial charge < -0.3 is 37.3 Å². The van der Waals surface area contributed by atoms with Gasteiger partial charge in [0, 0.05) is 19.0 Å². The Labute approximate surface area is 133 Å². The molecule has 9 N–H and O–H groups in total. The van der Waals surface area contributed by atoms with Crippen molar-refractivity contribution < 1.29 is 29.5 Å². The number of carbonyl (C=O) groups is 3. The summed E-state index contributed by atoms with van der Waals surface area (Å²) in [7, 11) is -1.48. The molecule has 0 aromatic rings. The van der Waals surface area contributed by atoms with Crippen molar-refractivity contribution >= 4 is 24.9 Å². The molecule has 0 radical (unpaired) electrons. The zero-order chi connectivity index (χ0) is 17.8. The molecule has 0 unspecified atom stereocenters. The summed E-state index contributed by atoms with van der Waals surface area (Å²) < 4.78 is 0. The Morgan fingerprint density at radius 1 is 1.35 bits per heavy atom. The van der Waals surface area contributed by atoms with E-state index in [0.717, 1.165) is 0 Å². The van der Waals surface area contributed by atoms with Gasteiger partial charge >= 0.3 is 13.1 Å². The SMILES string of the molecule is NC(=O)C[C@H](N)C(=O)N1C[C@H](CCCB(O)O)[C@](N)(C(=O)O)C1. The molecule has 11 heteroatoms. The quantitative estimate of drug-likeness (QED) is 0.249. The molecule has 0 spiro atoms. The van der Waals surface area contributed by atoms with Gasteiger partial charge in [0.25, 0.3) is 0 Å². The average Bonchev–Trinajstić information content (AvgIpc) is 2.75. The standard InChI is InChI=1S/C12H23BN4O6/c14-8(4-9(15)18)10(19)17-5-7(2-1-3-13(22)23)12(16,6-17)11(20)21/h7-8,22-23H,1-6,14,16H2,(H2,15,18)(H,20,21)/t7-,8-,12-/m0/s1. The van der Waals surface area contributed by atoms with E-state index in [4.69, 9.17) is 27.2 Å². The number of nitrogens with two attached hydrogens (primary N) is 3. The molecule has 0 aliphatic carbocycles. The number of carboxylic acid groups (broad SMARTS) is 1. The predicted octanol–water partition coefficient (Wildman–Crippen LogP) is -3.32. The van der Waals surface area contributed by atoms with Crippen LogP contribution in [0.3, 0.4) is 0 Å². The third kappa shape index (κ3) is 4.89. The van der Waals surface area contributed by atoms with Gasteiger partial charge in [0.2, 0.25) is 11.8 Å². The van der Waals surface area contributed by atoms with Crippen LogP contribution in [0.15, 0.2) is 0 Å². The summed E-state index contributed by atoms with van der Waals surface area (Å²) in [4.78, 5) is 35.7. The van der Waals surface area contributed by atoms with Crippen molar-refractivity contribution in [2.75, 3.05) is 13.1 Å². The molecular formula is C12H23BN4O6. The maximum Gasteiger partial charge on any atom is 0.451 e. The first-order valence-corrected chi connectivity index (χ1v) is 7.29. The number of aliphatic carboxylic acids is 1. The lowest BCUT2D eigenvalue weighted by Crippen LogP contribution is -2.55. The van der Waals surface area contributed by atoms with E-state index in [-0.39, 0.29) is 25.8 Å². The third-order valence-corrected chi connectivity index (χ3v) is 4.08. The van der Waals surface area contributed by atoms with Crippen LogP contribution >= 0.6 is 0 Å². The van der Waals surface area contributed by atoms with Crippen LogP contribution in [0.2, 0.25) is 6.32 Å². The minimum atomic E-state index is -1.64. The van der Waals surface area contributed by atoms with Crippen molar-refractivity contribution in [3.8, 4) is 0 Å².